The van der Waals surface area contributed by atoms with Crippen molar-refractivity contribution in [2.24, 2.45) is 10.8 Å². The van der Waals surface area contributed by atoms with Gasteiger partial charge in [-0.1, -0.05) is 27.7 Å². The van der Waals surface area contributed by atoms with Gasteiger partial charge in [0.05, 0.1) is 5.69 Å². The molecule has 4 rings (SSSR count). The predicted octanol–water partition coefficient (Wildman–Crippen LogP) is 3.36. The molecule has 1 aromatic heterocycles. The van der Waals surface area contributed by atoms with Crippen LogP contribution in [0.15, 0.2) is 6.07 Å². The van der Waals surface area contributed by atoms with E-state index in [9.17, 15) is 9.59 Å². The summed E-state index contributed by atoms with van der Waals surface area (Å²) in [6.07, 6.45) is 3.16. The summed E-state index contributed by atoms with van der Waals surface area (Å²) >= 11 is 0. The zero-order chi connectivity index (χ0) is 19.6. The number of nitrogens with zero attached hydrogens (tertiary/aromatic N) is 2. The van der Waals surface area contributed by atoms with E-state index in [2.05, 4.69) is 30.1 Å². The highest BCUT2D eigenvalue weighted by Crippen LogP contribution is 2.66. The SMILES string of the molecule is CC(C)c1cc(C2CCN(C(=O)[C@@]34CC[C@@](C)(OC3=O)C4(C)C)CC2)[nH]n1. The zero-order valence-corrected chi connectivity index (χ0v) is 17.1. The summed E-state index contributed by atoms with van der Waals surface area (Å²) in [6, 6.07) is 2.16. The molecule has 0 unspecified atom stereocenters. The molecule has 2 atom stereocenters. The van der Waals surface area contributed by atoms with Gasteiger partial charge in [-0.15, -0.1) is 0 Å². The van der Waals surface area contributed by atoms with E-state index in [-0.39, 0.29) is 11.9 Å². The van der Waals surface area contributed by atoms with Crippen molar-refractivity contribution in [3.63, 3.8) is 0 Å². The standard InChI is InChI=1S/C21H31N3O3/c1-13(2)15-12-16(23-22-15)14-6-10-24(11-7-14)17(25)21-9-8-20(5,19(21,3)4)27-18(21)26/h12-14H,6-11H2,1-5H3,(H,22,23)/t20-,21+/m1/s1. The summed E-state index contributed by atoms with van der Waals surface area (Å²) in [6.45, 7) is 11.7. The third-order valence-electron chi connectivity index (χ3n) is 7.83. The normalized spacial score (nSPS) is 33.0. The lowest BCUT2D eigenvalue weighted by Crippen LogP contribution is -2.54. The third-order valence-corrected chi connectivity index (χ3v) is 7.83. The second-order valence-electron chi connectivity index (χ2n) is 9.62. The Morgan fingerprint density at radius 2 is 1.93 bits per heavy atom. The Balaban J connectivity index is 1.48. The van der Waals surface area contributed by atoms with Crippen LogP contribution in [0.5, 0.6) is 0 Å². The smallest absolute Gasteiger partial charge is 0.322 e. The highest BCUT2D eigenvalue weighted by Gasteiger charge is 2.76. The number of rotatable bonds is 3. The monoisotopic (exact) mass is 373 g/mol. The Hall–Kier alpha value is -1.85. The number of hydrogen-bond donors (Lipinski definition) is 1. The van der Waals surface area contributed by atoms with Crippen LogP contribution in [0.1, 0.15) is 83.5 Å². The Morgan fingerprint density at radius 1 is 1.26 bits per heavy atom. The quantitative estimate of drug-likeness (QED) is 0.651. The summed E-state index contributed by atoms with van der Waals surface area (Å²) < 4.78 is 5.69. The van der Waals surface area contributed by atoms with Crippen molar-refractivity contribution in [3.05, 3.63) is 17.5 Å². The second-order valence-corrected chi connectivity index (χ2v) is 9.62. The Morgan fingerprint density at radius 3 is 2.41 bits per heavy atom. The molecule has 6 heteroatoms. The zero-order valence-electron chi connectivity index (χ0n) is 17.1. The average Bonchev–Trinajstić information content (AvgIpc) is 3.22. The largest absolute Gasteiger partial charge is 0.458 e. The van der Waals surface area contributed by atoms with E-state index in [1.165, 1.54) is 0 Å². The molecule has 6 nitrogen and oxygen atoms in total. The predicted molar refractivity (Wildman–Crippen MR) is 101 cm³/mol. The number of aromatic amines is 1. The number of esters is 1. The molecule has 3 heterocycles. The molecule has 3 fully saturated rings. The number of aromatic nitrogens is 2. The first-order chi connectivity index (χ1) is 12.6. The molecule has 1 amide bonds. The molecule has 2 saturated heterocycles. The molecule has 0 aromatic carbocycles. The maximum absolute atomic E-state index is 13.5. The van der Waals surface area contributed by atoms with Crippen LogP contribution >= 0.6 is 0 Å². The molecule has 1 N–H and O–H groups in total. The first-order valence-corrected chi connectivity index (χ1v) is 10.2. The minimum atomic E-state index is -1.01. The van der Waals surface area contributed by atoms with E-state index >= 15 is 0 Å². The van der Waals surface area contributed by atoms with Crippen molar-refractivity contribution in [2.45, 2.75) is 77.7 Å². The molecule has 1 aliphatic carbocycles. The number of likely N-dealkylation sites (tertiary alicyclic amines) is 1. The number of amides is 1. The fourth-order valence-electron chi connectivity index (χ4n) is 5.31. The van der Waals surface area contributed by atoms with Crippen LogP contribution in [0, 0.1) is 10.8 Å². The molecule has 27 heavy (non-hydrogen) atoms. The number of carbonyl (C=O) groups excluding carboxylic acids is 2. The fourth-order valence-corrected chi connectivity index (χ4v) is 5.31. The van der Waals surface area contributed by atoms with Gasteiger partial charge < -0.3 is 9.64 Å². The summed E-state index contributed by atoms with van der Waals surface area (Å²) in [5.41, 5.74) is 0.246. The van der Waals surface area contributed by atoms with Gasteiger partial charge in [0, 0.05) is 30.1 Å². The van der Waals surface area contributed by atoms with Crippen molar-refractivity contribution in [2.75, 3.05) is 13.1 Å². The van der Waals surface area contributed by atoms with Crippen LogP contribution < -0.4 is 0 Å². The third kappa shape index (κ3) is 2.34. The van der Waals surface area contributed by atoms with Crippen LogP contribution in [0.2, 0.25) is 0 Å². The van der Waals surface area contributed by atoms with E-state index in [0.29, 0.717) is 31.3 Å². The molecular formula is C21H31N3O3. The molecule has 1 saturated carbocycles. The van der Waals surface area contributed by atoms with Gasteiger partial charge in [-0.3, -0.25) is 14.7 Å². The van der Waals surface area contributed by atoms with Gasteiger partial charge in [-0.05, 0) is 44.6 Å². The van der Waals surface area contributed by atoms with E-state index in [1.54, 1.807) is 0 Å². The van der Waals surface area contributed by atoms with Gasteiger partial charge in [0.25, 0.3) is 0 Å². The molecule has 0 spiro atoms. The summed E-state index contributed by atoms with van der Waals surface area (Å²) in [4.78, 5) is 28.1. The van der Waals surface area contributed by atoms with Crippen molar-refractivity contribution < 1.29 is 14.3 Å². The van der Waals surface area contributed by atoms with Crippen molar-refractivity contribution in [1.82, 2.24) is 15.1 Å². The van der Waals surface area contributed by atoms with Crippen molar-refractivity contribution in [1.29, 1.82) is 0 Å². The van der Waals surface area contributed by atoms with Gasteiger partial charge >= 0.3 is 5.97 Å². The minimum absolute atomic E-state index is 0.0235. The molecular weight excluding hydrogens is 342 g/mol. The van der Waals surface area contributed by atoms with Gasteiger partial charge in [0.15, 0.2) is 5.41 Å². The summed E-state index contributed by atoms with van der Waals surface area (Å²) in [5.74, 6) is 0.458. The van der Waals surface area contributed by atoms with Crippen LogP contribution in [0.3, 0.4) is 0 Å². The maximum atomic E-state index is 13.5. The topological polar surface area (TPSA) is 75.3 Å². The van der Waals surface area contributed by atoms with Crippen LogP contribution in [0.4, 0.5) is 0 Å². The number of H-pyrrole nitrogens is 1. The average molecular weight is 373 g/mol. The van der Waals surface area contributed by atoms with E-state index in [4.69, 9.17) is 4.74 Å². The highest BCUT2D eigenvalue weighted by molar-refractivity contribution is 6.06. The number of nitrogens with one attached hydrogen (secondary N) is 1. The van der Waals surface area contributed by atoms with E-state index < -0.39 is 16.4 Å². The molecule has 2 bridgehead atoms. The van der Waals surface area contributed by atoms with Gasteiger partial charge in [-0.2, -0.15) is 5.10 Å². The van der Waals surface area contributed by atoms with Gasteiger partial charge in [-0.25, -0.2) is 0 Å². The fraction of sp³-hybridized carbons (Fsp3) is 0.762. The number of hydrogen-bond acceptors (Lipinski definition) is 4. The lowest BCUT2D eigenvalue weighted by Gasteiger charge is -2.40. The van der Waals surface area contributed by atoms with Crippen molar-refractivity contribution >= 4 is 11.9 Å². The Kier molecular flexibility index (Phi) is 3.99. The van der Waals surface area contributed by atoms with Crippen LogP contribution in [0.25, 0.3) is 0 Å². The Bertz CT molecular complexity index is 775. The molecule has 2 aliphatic heterocycles. The number of fused-ring (bicyclic) bond motifs is 2. The minimum Gasteiger partial charge on any atom is -0.458 e. The number of piperidine rings is 1. The van der Waals surface area contributed by atoms with Crippen LogP contribution in [-0.4, -0.2) is 45.7 Å². The first kappa shape index (κ1) is 18.5. The summed E-state index contributed by atoms with van der Waals surface area (Å²) in [5, 5.41) is 7.59. The van der Waals surface area contributed by atoms with Gasteiger partial charge in [0.2, 0.25) is 5.91 Å². The maximum Gasteiger partial charge on any atom is 0.322 e. The number of carbonyl (C=O) groups is 2. The lowest BCUT2D eigenvalue weighted by molar-refractivity contribution is -0.165. The lowest BCUT2D eigenvalue weighted by atomic mass is 9.64. The number of ether oxygens (including phenoxy) is 1. The van der Waals surface area contributed by atoms with Gasteiger partial charge in [0.1, 0.15) is 5.60 Å². The van der Waals surface area contributed by atoms with Crippen LogP contribution in [-0.2, 0) is 14.3 Å². The second kappa shape index (κ2) is 5.82. The Labute approximate surface area is 161 Å². The van der Waals surface area contributed by atoms with Crippen molar-refractivity contribution in [3.8, 4) is 0 Å². The summed E-state index contributed by atoms with van der Waals surface area (Å²) in [7, 11) is 0. The van der Waals surface area contributed by atoms with E-state index in [0.717, 1.165) is 30.7 Å². The first-order valence-electron chi connectivity index (χ1n) is 10.2. The molecule has 148 valence electrons. The molecule has 3 aliphatic rings. The molecule has 0 radical (unpaired) electrons. The highest BCUT2D eigenvalue weighted by atomic mass is 16.6. The molecule has 1 aromatic rings. The van der Waals surface area contributed by atoms with E-state index in [1.807, 2.05) is 25.7 Å².